The Morgan fingerprint density at radius 1 is 0.426 bits per heavy atom. The molecule has 0 fully saturated rings. The van der Waals surface area contributed by atoms with Crippen molar-refractivity contribution in [2.45, 2.75) is 4.90 Å². The van der Waals surface area contributed by atoms with Crippen LogP contribution in [-0.4, -0.2) is 139 Å². The summed E-state index contributed by atoms with van der Waals surface area (Å²) >= 11 is 0. The van der Waals surface area contributed by atoms with Crippen molar-refractivity contribution in [1.29, 1.82) is 0 Å². The molecule has 0 radical (unpaired) electrons. The third-order valence-electron chi connectivity index (χ3n) is 5.78. The van der Waals surface area contributed by atoms with E-state index in [1.165, 1.54) is 12.1 Å². The Morgan fingerprint density at radius 3 is 1.13 bits per heavy atom. The van der Waals surface area contributed by atoms with Crippen molar-refractivity contribution in [2.24, 2.45) is 0 Å². The van der Waals surface area contributed by atoms with Crippen molar-refractivity contribution in [1.82, 2.24) is 0 Å². The van der Waals surface area contributed by atoms with Crippen LogP contribution in [0.5, 0.6) is 0 Å². The number of benzene rings is 2. The Bertz CT molecular complexity index is 1160. The minimum absolute atomic E-state index is 0.0127. The molecule has 0 saturated heterocycles. The van der Waals surface area contributed by atoms with Crippen molar-refractivity contribution in [3.63, 3.8) is 0 Å². The van der Waals surface area contributed by atoms with Crippen LogP contribution in [0.2, 0.25) is 0 Å². The zero-order valence-electron chi connectivity index (χ0n) is 26.6. The van der Waals surface area contributed by atoms with Crippen LogP contribution >= 0.6 is 0 Å². The summed E-state index contributed by atoms with van der Waals surface area (Å²) in [5, 5.41) is 0. The van der Waals surface area contributed by atoms with Crippen LogP contribution in [0.4, 0.5) is 0 Å². The summed E-state index contributed by atoms with van der Waals surface area (Å²) in [6.45, 7) is 5.88. The smallest absolute Gasteiger partial charge is 0.379 e. The lowest BCUT2D eigenvalue weighted by Gasteiger charge is -2.09. The number of carbonyl (C=O) groups excluding carboxylic acids is 2. The topological polar surface area (TPSA) is 161 Å². The van der Waals surface area contributed by atoms with Gasteiger partial charge in [-0.1, -0.05) is 48.5 Å². The number of esters is 1. The number of hydrogen-bond acceptors (Lipinski definition) is 14. The van der Waals surface area contributed by atoms with Gasteiger partial charge in [0.05, 0.1) is 117 Å². The van der Waals surface area contributed by atoms with Gasteiger partial charge in [0, 0.05) is 5.56 Å². The molecular formula is C32H46O14S. The quantitative estimate of drug-likeness (QED) is 0.0372. The molecule has 15 heteroatoms. The Labute approximate surface area is 276 Å². The second kappa shape index (κ2) is 27.2. The van der Waals surface area contributed by atoms with Crippen molar-refractivity contribution < 1.29 is 64.8 Å². The van der Waals surface area contributed by atoms with E-state index in [1.54, 1.807) is 48.5 Å². The van der Waals surface area contributed by atoms with Gasteiger partial charge in [-0.25, -0.2) is 4.79 Å². The molecule has 14 nitrogen and oxygen atoms in total. The molecule has 0 N–H and O–H groups in total. The van der Waals surface area contributed by atoms with Gasteiger partial charge in [-0.05, 0) is 12.1 Å². The normalized spacial score (nSPS) is 11.5. The molecule has 0 atom stereocenters. The number of ketones is 1. The molecule has 2 rings (SSSR count). The molecule has 0 heterocycles. The molecule has 2 aromatic carbocycles. The highest BCUT2D eigenvalue weighted by molar-refractivity contribution is 7.86. The zero-order valence-corrected chi connectivity index (χ0v) is 27.4. The predicted octanol–water partition coefficient (Wildman–Crippen LogP) is 1.95. The monoisotopic (exact) mass is 686 g/mol. The molecule has 2 aromatic rings. The van der Waals surface area contributed by atoms with E-state index in [-0.39, 0.29) is 36.9 Å². The van der Waals surface area contributed by atoms with E-state index in [1.807, 2.05) is 0 Å². The number of rotatable bonds is 31. The fraction of sp³-hybridized carbons (Fsp3) is 0.562. The molecule has 0 aliphatic heterocycles. The average Bonchev–Trinajstić information content (AvgIpc) is 3.09. The average molecular weight is 687 g/mol. The summed E-state index contributed by atoms with van der Waals surface area (Å²) < 4.78 is 76.9. The van der Waals surface area contributed by atoms with E-state index in [2.05, 4.69) is 0 Å². The first kappa shape index (κ1) is 40.3. The summed E-state index contributed by atoms with van der Waals surface area (Å²) in [4.78, 5) is 23.7. The van der Waals surface area contributed by atoms with E-state index in [0.29, 0.717) is 92.5 Å². The summed E-state index contributed by atoms with van der Waals surface area (Å²) in [5.41, 5.74) is 0.288. The van der Waals surface area contributed by atoms with Gasteiger partial charge in [-0.3, -0.25) is 8.98 Å². The van der Waals surface area contributed by atoms with Crippen molar-refractivity contribution >= 4 is 21.9 Å². The fourth-order valence-electron chi connectivity index (χ4n) is 3.47. The maximum Gasteiger partial charge on any atom is 0.379 e. The SMILES string of the molecule is O=C(OCCOCCOCCOCCOCCOCCOCCOCCOCCOS(=O)(=O)c1ccccc1)C(=O)c1ccccc1. The summed E-state index contributed by atoms with van der Waals surface area (Å²) in [6, 6.07) is 16.2. The maximum absolute atomic E-state index is 12.0. The molecule has 0 saturated carbocycles. The fourth-order valence-corrected chi connectivity index (χ4v) is 4.38. The van der Waals surface area contributed by atoms with E-state index in [9.17, 15) is 18.0 Å². The van der Waals surface area contributed by atoms with Crippen LogP contribution in [0, 0.1) is 0 Å². The van der Waals surface area contributed by atoms with Gasteiger partial charge in [0.15, 0.2) is 0 Å². The van der Waals surface area contributed by atoms with Crippen LogP contribution in [0.25, 0.3) is 0 Å². The van der Waals surface area contributed by atoms with Gasteiger partial charge in [0.1, 0.15) is 6.61 Å². The Balaban J connectivity index is 1.21. The molecular weight excluding hydrogens is 640 g/mol. The van der Waals surface area contributed by atoms with Crippen LogP contribution < -0.4 is 0 Å². The number of carbonyl (C=O) groups is 2. The highest BCUT2D eigenvalue weighted by atomic mass is 32.2. The maximum atomic E-state index is 12.0. The van der Waals surface area contributed by atoms with Crippen molar-refractivity contribution in [3.8, 4) is 0 Å². The molecule has 0 aliphatic rings. The lowest BCUT2D eigenvalue weighted by Crippen LogP contribution is -2.20. The largest absolute Gasteiger partial charge is 0.457 e. The number of Topliss-reactive ketones (excluding diaryl/α,β-unsaturated/α-hetero) is 1. The first-order valence-electron chi connectivity index (χ1n) is 15.3. The van der Waals surface area contributed by atoms with Gasteiger partial charge < -0.3 is 42.6 Å². The molecule has 0 aromatic heterocycles. The molecule has 0 unspecified atom stereocenters. The van der Waals surface area contributed by atoms with Crippen LogP contribution in [-0.2, 0) is 61.7 Å². The van der Waals surface area contributed by atoms with Crippen LogP contribution in [0.15, 0.2) is 65.6 Å². The van der Waals surface area contributed by atoms with E-state index in [0.717, 1.165) is 0 Å². The number of hydrogen-bond donors (Lipinski definition) is 0. The lowest BCUT2D eigenvalue weighted by atomic mass is 10.1. The third-order valence-corrected chi connectivity index (χ3v) is 7.11. The second-order valence-corrected chi connectivity index (χ2v) is 10.9. The summed E-state index contributed by atoms with van der Waals surface area (Å²) in [5.74, 6) is -1.59. The van der Waals surface area contributed by atoms with Gasteiger partial charge in [0.2, 0.25) is 0 Å². The molecule has 0 aliphatic carbocycles. The minimum Gasteiger partial charge on any atom is -0.457 e. The second-order valence-electron chi connectivity index (χ2n) is 9.32. The van der Waals surface area contributed by atoms with E-state index >= 15 is 0 Å². The standard InChI is InChI=1S/C32H46O14S/c33-31(29-7-3-1-4-8-29)32(34)45-27-25-43-23-21-41-19-17-39-15-13-37-11-12-38-14-16-40-18-20-42-22-24-44-26-28-46-47(35,36)30-9-5-2-6-10-30/h1-10H,11-28H2. The van der Waals surface area contributed by atoms with Gasteiger partial charge in [0.25, 0.3) is 15.9 Å². The van der Waals surface area contributed by atoms with E-state index in [4.69, 9.17) is 46.8 Å². The minimum atomic E-state index is -3.77. The van der Waals surface area contributed by atoms with Crippen LogP contribution in [0.3, 0.4) is 0 Å². The lowest BCUT2D eigenvalue weighted by molar-refractivity contribution is -0.139. The van der Waals surface area contributed by atoms with Gasteiger partial charge in [-0.15, -0.1) is 0 Å². The molecule has 47 heavy (non-hydrogen) atoms. The van der Waals surface area contributed by atoms with Gasteiger partial charge in [-0.2, -0.15) is 8.42 Å². The molecule has 264 valence electrons. The first-order chi connectivity index (χ1) is 23.0. The molecule has 0 spiro atoms. The summed E-state index contributed by atoms with van der Waals surface area (Å²) in [7, 11) is -3.77. The molecule has 0 bridgehead atoms. The first-order valence-corrected chi connectivity index (χ1v) is 16.7. The van der Waals surface area contributed by atoms with Gasteiger partial charge >= 0.3 is 5.97 Å². The Kier molecular flexibility index (Phi) is 23.3. The Morgan fingerprint density at radius 2 is 0.745 bits per heavy atom. The predicted molar refractivity (Wildman–Crippen MR) is 168 cm³/mol. The van der Waals surface area contributed by atoms with Crippen molar-refractivity contribution in [3.05, 3.63) is 66.2 Å². The molecule has 0 amide bonds. The highest BCUT2D eigenvalue weighted by Gasteiger charge is 2.17. The Hall–Kier alpha value is -2.83. The highest BCUT2D eigenvalue weighted by Crippen LogP contribution is 2.10. The summed E-state index contributed by atoms with van der Waals surface area (Å²) in [6.07, 6.45) is 0. The van der Waals surface area contributed by atoms with Crippen LogP contribution in [0.1, 0.15) is 10.4 Å². The van der Waals surface area contributed by atoms with Crippen molar-refractivity contribution in [2.75, 3.05) is 119 Å². The third kappa shape index (κ3) is 20.9. The number of ether oxygens (including phenoxy) is 9. The van der Waals surface area contributed by atoms with E-state index < -0.39 is 21.9 Å². The zero-order chi connectivity index (χ0) is 33.7.